The molecule has 1 heterocycles. The molecule has 98 valence electrons. The van der Waals surface area contributed by atoms with E-state index in [-0.39, 0.29) is 5.78 Å². The Bertz CT molecular complexity index is 505. The zero-order valence-electron chi connectivity index (χ0n) is 11.0. The quantitative estimate of drug-likeness (QED) is 0.829. The third-order valence-electron chi connectivity index (χ3n) is 4.78. The van der Waals surface area contributed by atoms with Crippen molar-refractivity contribution in [2.75, 3.05) is 0 Å². The van der Waals surface area contributed by atoms with Crippen molar-refractivity contribution in [3.05, 3.63) is 30.1 Å². The van der Waals surface area contributed by atoms with Crippen LogP contribution in [0.15, 0.2) is 24.4 Å². The average molecular weight is 254 g/mol. The normalized spacial score (nSPS) is 29.9. The molecule has 2 bridgehead atoms. The van der Waals surface area contributed by atoms with E-state index in [1.54, 1.807) is 18.3 Å². The Morgan fingerprint density at radius 1 is 1.42 bits per heavy atom. The minimum Gasteiger partial charge on any atom is -0.298 e. The fourth-order valence-corrected chi connectivity index (χ4v) is 3.85. The number of nitriles is 1. The van der Waals surface area contributed by atoms with Gasteiger partial charge in [-0.2, -0.15) is 5.26 Å². The van der Waals surface area contributed by atoms with Gasteiger partial charge in [0.25, 0.3) is 0 Å². The SMILES string of the molecule is N#CC(C(=O)CC1CC2CCC1C2)c1ccccn1. The van der Waals surface area contributed by atoms with Gasteiger partial charge in [-0.25, -0.2) is 0 Å². The van der Waals surface area contributed by atoms with Crippen molar-refractivity contribution < 1.29 is 4.79 Å². The molecular weight excluding hydrogens is 236 g/mol. The van der Waals surface area contributed by atoms with Crippen molar-refractivity contribution in [1.82, 2.24) is 4.98 Å². The van der Waals surface area contributed by atoms with Crippen LogP contribution in [0.3, 0.4) is 0 Å². The number of pyridine rings is 1. The molecule has 1 aromatic heterocycles. The van der Waals surface area contributed by atoms with Gasteiger partial charge < -0.3 is 0 Å². The number of hydrogen-bond donors (Lipinski definition) is 0. The smallest absolute Gasteiger partial charge is 0.156 e. The topological polar surface area (TPSA) is 53.8 Å². The van der Waals surface area contributed by atoms with E-state index < -0.39 is 5.92 Å². The van der Waals surface area contributed by atoms with Crippen molar-refractivity contribution in [1.29, 1.82) is 5.26 Å². The highest BCUT2D eigenvalue weighted by Crippen LogP contribution is 2.49. The van der Waals surface area contributed by atoms with Crippen LogP contribution in [0.1, 0.15) is 43.7 Å². The van der Waals surface area contributed by atoms with Crippen molar-refractivity contribution in [3.8, 4) is 6.07 Å². The lowest BCUT2D eigenvalue weighted by atomic mass is 9.82. The first-order valence-corrected chi connectivity index (χ1v) is 7.11. The van der Waals surface area contributed by atoms with E-state index >= 15 is 0 Å². The van der Waals surface area contributed by atoms with Gasteiger partial charge in [-0.15, -0.1) is 0 Å². The average Bonchev–Trinajstić information content (AvgIpc) is 3.03. The van der Waals surface area contributed by atoms with E-state index in [2.05, 4.69) is 11.1 Å². The maximum atomic E-state index is 12.3. The Morgan fingerprint density at radius 2 is 2.32 bits per heavy atom. The lowest BCUT2D eigenvalue weighted by Crippen LogP contribution is -2.20. The van der Waals surface area contributed by atoms with Gasteiger partial charge in [-0.3, -0.25) is 9.78 Å². The molecule has 0 aliphatic heterocycles. The zero-order chi connectivity index (χ0) is 13.2. The van der Waals surface area contributed by atoms with Gasteiger partial charge in [0.05, 0.1) is 11.8 Å². The Hall–Kier alpha value is -1.69. The predicted molar refractivity (Wildman–Crippen MR) is 71.2 cm³/mol. The number of fused-ring (bicyclic) bond motifs is 2. The van der Waals surface area contributed by atoms with Gasteiger partial charge in [-0.1, -0.05) is 12.5 Å². The molecule has 0 radical (unpaired) electrons. The van der Waals surface area contributed by atoms with Crippen LogP contribution in [0.5, 0.6) is 0 Å². The number of aromatic nitrogens is 1. The van der Waals surface area contributed by atoms with Crippen molar-refractivity contribution in [3.63, 3.8) is 0 Å². The fourth-order valence-electron chi connectivity index (χ4n) is 3.85. The Morgan fingerprint density at radius 3 is 2.89 bits per heavy atom. The van der Waals surface area contributed by atoms with Gasteiger partial charge in [0.15, 0.2) is 5.78 Å². The minimum atomic E-state index is -0.680. The summed E-state index contributed by atoms with van der Waals surface area (Å²) in [5, 5.41) is 9.24. The zero-order valence-corrected chi connectivity index (χ0v) is 11.0. The molecule has 0 N–H and O–H groups in total. The van der Waals surface area contributed by atoms with Gasteiger partial charge in [-0.05, 0) is 49.1 Å². The molecule has 3 nitrogen and oxygen atoms in total. The van der Waals surface area contributed by atoms with Crippen LogP contribution in [0.4, 0.5) is 0 Å². The van der Waals surface area contributed by atoms with E-state index in [0.29, 0.717) is 18.0 Å². The Labute approximate surface area is 113 Å². The van der Waals surface area contributed by atoms with Gasteiger partial charge in [0.2, 0.25) is 0 Å². The van der Waals surface area contributed by atoms with Crippen LogP contribution >= 0.6 is 0 Å². The van der Waals surface area contributed by atoms with Crippen molar-refractivity contribution in [2.24, 2.45) is 17.8 Å². The maximum absolute atomic E-state index is 12.3. The third-order valence-corrected chi connectivity index (χ3v) is 4.78. The largest absolute Gasteiger partial charge is 0.298 e. The first-order chi connectivity index (χ1) is 9.28. The van der Waals surface area contributed by atoms with E-state index in [9.17, 15) is 10.1 Å². The number of hydrogen-bond acceptors (Lipinski definition) is 3. The highest BCUT2D eigenvalue weighted by Gasteiger charge is 2.41. The summed E-state index contributed by atoms with van der Waals surface area (Å²) in [7, 11) is 0. The highest BCUT2D eigenvalue weighted by molar-refractivity contribution is 5.88. The highest BCUT2D eigenvalue weighted by atomic mass is 16.1. The second-order valence-corrected chi connectivity index (χ2v) is 5.92. The molecule has 0 aromatic carbocycles. The number of Topliss-reactive ketones (excluding diaryl/α,β-unsaturated/α-hetero) is 1. The number of ketones is 1. The van der Waals surface area contributed by atoms with Crippen LogP contribution in [-0.4, -0.2) is 10.8 Å². The monoisotopic (exact) mass is 254 g/mol. The first-order valence-electron chi connectivity index (χ1n) is 7.11. The van der Waals surface area contributed by atoms with Crippen LogP contribution in [-0.2, 0) is 4.79 Å². The van der Waals surface area contributed by atoms with Crippen LogP contribution < -0.4 is 0 Å². The van der Waals surface area contributed by atoms with E-state index in [1.807, 2.05) is 6.07 Å². The van der Waals surface area contributed by atoms with Crippen molar-refractivity contribution in [2.45, 2.75) is 38.0 Å². The molecule has 0 spiro atoms. The molecule has 3 heteroatoms. The van der Waals surface area contributed by atoms with Gasteiger partial charge in [0, 0.05) is 12.6 Å². The summed E-state index contributed by atoms with van der Waals surface area (Å²) in [6.07, 6.45) is 7.33. The molecule has 2 fully saturated rings. The van der Waals surface area contributed by atoms with Crippen LogP contribution in [0.25, 0.3) is 0 Å². The Balaban J connectivity index is 1.68. The molecule has 19 heavy (non-hydrogen) atoms. The standard InChI is InChI=1S/C16H18N2O/c17-10-14(15-3-1-2-6-18-15)16(19)9-13-8-11-4-5-12(13)7-11/h1-3,6,11-14H,4-5,7-9H2. The molecule has 4 atom stereocenters. The van der Waals surface area contributed by atoms with Crippen LogP contribution in [0.2, 0.25) is 0 Å². The summed E-state index contributed by atoms with van der Waals surface area (Å²) in [6.45, 7) is 0. The molecular formula is C16H18N2O. The van der Waals surface area contributed by atoms with E-state index in [4.69, 9.17) is 0 Å². The van der Waals surface area contributed by atoms with E-state index in [1.165, 1.54) is 25.7 Å². The molecule has 2 saturated carbocycles. The second-order valence-electron chi connectivity index (χ2n) is 5.92. The molecule has 2 aliphatic rings. The number of rotatable bonds is 4. The number of nitrogens with zero attached hydrogens (tertiary/aromatic N) is 2. The second kappa shape index (κ2) is 5.13. The summed E-state index contributed by atoms with van der Waals surface area (Å²) >= 11 is 0. The molecule has 0 amide bonds. The summed E-state index contributed by atoms with van der Waals surface area (Å²) < 4.78 is 0. The van der Waals surface area contributed by atoms with E-state index in [0.717, 1.165) is 11.8 Å². The molecule has 1 aromatic rings. The lowest BCUT2D eigenvalue weighted by Gasteiger charge is -2.21. The third kappa shape index (κ3) is 2.40. The fraction of sp³-hybridized carbons (Fsp3) is 0.562. The lowest BCUT2D eigenvalue weighted by molar-refractivity contribution is -0.120. The molecule has 3 rings (SSSR count). The number of carbonyl (C=O) groups is 1. The summed E-state index contributed by atoms with van der Waals surface area (Å²) in [5.41, 5.74) is 0.596. The summed E-state index contributed by atoms with van der Waals surface area (Å²) in [6, 6.07) is 7.53. The van der Waals surface area contributed by atoms with Crippen LogP contribution in [0, 0.1) is 29.1 Å². The maximum Gasteiger partial charge on any atom is 0.156 e. The van der Waals surface area contributed by atoms with Gasteiger partial charge in [0.1, 0.15) is 5.92 Å². The Kier molecular flexibility index (Phi) is 3.33. The molecule has 2 aliphatic carbocycles. The first kappa shape index (κ1) is 12.3. The summed E-state index contributed by atoms with van der Waals surface area (Å²) in [5.74, 6) is 1.47. The predicted octanol–water partition coefficient (Wildman–Crippen LogP) is 3.08. The van der Waals surface area contributed by atoms with Gasteiger partial charge >= 0.3 is 0 Å². The summed E-state index contributed by atoms with van der Waals surface area (Å²) in [4.78, 5) is 16.5. The van der Waals surface area contributed by atoms with Crippen molar-refractivity contribution >= 4 is 5.78 Å². The minimum absolute atomic E-state index is 0.0544. The molecule has 4 unspecified atom stereocenters. The molecule has 0 saturated heterocycles. The number of carbonyl (C=O) groups excluding carboxylic acids is 1.